The second kappa shape index (κ2) is 4.58. The van der Waals surface area contributed by atoms with Crippen LogP contribution in [0.3, 0.4) is 0 Å². The van der Waals surface area contributed by atoms with Gasteiger partial charge in [-0.2, -0.15) is 0 Å². The van der Waals surface area contributed by atoms with Crippen molar-refractivity contribution in [2.45, 2.75) is 37.6 Å². The fourth-order valence-electron chi connectivity index (χ4n) is 3.21. The van der Waals surface area contributed by atoms with Gasteiger partial charge in [0.1, 0.15) is 0 Å². The molecule has 2 aliphatic heterocycles. The summed E-state index contributed by atoms with van der Waals surface area (Å²) in [5, 5.41) is 6.75. The van der Waals surface area contributed by atoms with Gasteiger partial charge in [-0.25, -0.2) is 0 Å². The molecule has 4 nitrogen and oxygen atoms in total. The largest absolute Gasteiger partial charge is 0.348 e. The van der Waals surface area contributed by atoms with Crippen LogP contribution in [-0.2, 0) is 4.79 Å². The van der Waals surface area contributed by atoms with Gasteiger partial charge in [0.05, 0.1) is 5.54 Å². The lowest BCUT2D eigenvalue weighted by atomic mass is 9.88. The lowest BCUT2D eigenvalue weighted by molar-refractivity contribution is -0.125. The maximum absolute atomic E-state index is 11.6. The van der Waals surface area contributed by atoms with Gasteiger partial charge in [0, 0.05) is 39.1 Å². The van der Waals surface area contributed by atoms with Crippen molar-refractivity contribution in [3.8, 4) is 0 Å². The molecule has 1 atom stereocenters. The molecule has 96 valence electrons. The summed E-state index contributed by atoms with van der Waals surface area (Å²) in [6.45, 7) is 5.42. The van der Waals surface area contributed by atoms with Crippen molar-refractivity contribution >= 4 is 5.91 Å². The lowest BCUT2D eigenvalue weighted by Gasteiger charge is -2.39. The SMILES string of the molecule is O=C1CCC[C@@]2(CNCCN(CC3CC3)C2)N1. The second-order valence-corrected chi connectivity index (χ2v) is 6.04. The number of amides is 1. The molecule has 17 heavy (non-hydrogen) atoms. The van der Waals surface area contributed by atoms with E-state index in [-0.39, 0.29) is 11.4 Å². The third kappa shape index (κ3) is 2.80. The van der Waals surface area contributed by atoms with E-state index in [9.17, 15) is 4.79 Å². The lowest BCUT2D eigenvalue weighted by Crippen LogP contribution is -2.60. The number of carbonyl (C=O) groups excluding carboxylic acids is 1. The molecular formula is C13H23N3O. The number of carbonyl (C=O) groups is 1. The van der Waals surface area contributed by atoms with Crippen molar-refractivity contribution in [1.82, 2.24) is 15.5 Å². The van der Waals surface area contributed by atoms with Crippen LogP contribution in [0.25, 0.3) is 0 Å². The van der Waals surface area contributed by atoms with Gasteiger partial charge in [-0.15, -0.1) is 0 Å². The Hall–Kier alpha value is -0.610. The quantitative estimate of drug-likeness (QED) is 0.728. The van der Waals surface area contributed by atoms with Crippen LogP contribution >= 0.6 is 0 Å². The zero-order valence-electron chi connectivity index (χ0n) is 10.5. The standard InChI is InChI=1S/C13H23N3O/c17-12-2-1-5-13(15-12)9-14-6-7-16(10-13)8-11-3-4-11/h11,14H,1-10H2,(H,15,17)/t13-/m0/s1. The predicted octanol–water partition coefficient (Wildman–Crippen LogP) is 0.341. The molecule has 3 fully saturated rings. The summed E-state index contributed by atoms with van der Waals surface area (Å²) in [6.07, 6.45) is 5.70. The highest BCUT2D eigenvalue weighted by atomic mass is 16.1. The Labute approximate surface area is 103 Å². The van der Waals surface area contributed by atoms with Crippen molar-refractivity contribution in [2.75, 3.05) is 32.7 Å². The van der Waals surface area contributed by atoms with E-state index in [0.717, 1.165) is 44.9 Å². The molecule has 2 heterocycles. The molecule has 1 saturated carbocycles. The number of hydrogen-bond acceptors (Lipinski definition) is 3. The van der Waals surface area contributed by atoms with E-state index < -0.39 is 0 Å². The van der Waals surface area contributed by atoms with Crippen molar-refractivity contribution in [3.63, 3.8) is 0 Å². The number of hydrogen-bond donors (Lipinski definition) is 2. The Bertz CT molecular complexity index is 303. The minimum absolute atomic E-state index is 0.0146. The topological polar surface area (TPSA) is 44.4 Å². The maximum atomic E-state index is 11.6. The van der Waals surface area contributed by atoms with Crippen LogP contribution in [0.15, 0.2) is 0 Å². The Morgan fingerprint density at radius 2 is 2.29 bits per heavy atom. The van der Waals surface area contributed by atoms with Crippen LogP contribution in [-0.4, -0.2) is 49.1 Å². The van der Waals surface area contributed by atoms with Crippen LogP contribution in [0, 0.1) is 5.92 Å². The van der Waals surface area contributed by atoms with Crippen molar-refractivity contribution in [2.24, 2.45) is 5.92 Å². The van der Waals surface area contributed by atoms with Gasteiger partial charge in [0.25, 0.3) is 0 Å². The summed E-state index contributed by atoms with van der Waals surface area (Å²) in [5.41, 5.74) is 0.0146. The Kier molecular flexibility index (Phi) is 3.09. The molecule has 1 spiro atoms. The summed E-state index contributed by atoms with van der Waals surface area (Å²) in [7, 11) is 0. The average molecular weight is 237 g/mol. The number of nitrogens with zero attached hydrogens (tertiary/aromatic N) is 1. The zero-order valence-corrected chi connectivity index (χ0v) is 10.5. The first kappa shape index (κ1) is 11.5. The van der Waals surface area contributed by atoms with Crippen LogP contribution in [0.2, 0.25) is 0 Å². The first-order chi connectivity index (χ1) is 8.26. The highest BCUT2D eigenvalue weighted by molar-refractivity contribution is 5.77. The van der Waals surface area contributed by atoms with Crippen molar-refractivity contribution in [1.29, 1.82) is 0 Å². The monoisotopic (exact) mass is 237 g/mol. The molecule has 3 aliphatic rings. The minimum Gasteiger partial charge on any atom is -0.348 e. The predicted molar refractivity (Wildman–Crippen MR) is 66.8 cm³/mol. The normalized spacial score (nSPS) is 35.6. The summed E-state index contributed by atoms with van der Waals surface area (Å²) >= 11 is 0. The molecule has 2 N–H and O–H groups in total. The molecule has 0 unspecified atom stereocenters. The van der Waals surface area contributed by atoms with Gasteiger partial charge in [0.15, 0.2) is 0 Å². The summed E-state index contributed by atoms with van der Waals surface area (Å²) in [6, 6.07) is 0. The fourth-order valence-corrected chi connectivity index (χ4v) is 3.21. The van der Waals surface area contributed by atoms with Gasteiger partial charge in [-0.05, 0) is 31.6 Å². The van der Waals surface area contributed by atoms with Gasteiger partial charge in [0.2, 0.25) is 5.91 Å². The molecule has 1 amide bonds. The van der Waals surface area contributed by atoms with E-state index in [0.29, 0.717) is 6.42 Å². The molecule has 1 aliphatic carbocycles. The molecule has 0 aromatic heterocycles. The van der Waals surface area contributed by atoms with Crippen LogP contribution in [0.1, 0.15) is 32.1 Å². The first-order valence-electron chi connectivity index (χ1n) is 7.00. The third-order valence-electron chi connectivity index (χ3n) is 4.27. The van der Waals surface area contributed by atoms with Gasteiger partial charge in [-0.3, -0.25) is 9.69 Å². The minimum atomic E-state index is 0.0146. The summed E-state index contributed by atoms with van der Waals surface area (Å²) in [5.74, 6) is 1.18. The van der Waals surface area contributed by atoms with Gasteiger partial charge < -0.3 is 10.6 Å². The highest BCUT2D eigenvalue weighted by Crippen LogP contribution is 2.31. The van der Waals surface area contributed by atoms with E-state index in [1.54, 1.807) is 0 Å². The second-order valence-electron chi connectivity index (χ2n) is 6.04. The van der Waals surface area contributed by atoms with E-state index >= 15 is 0 Å². The molecule has 0 bridgehead atoms. The highest BCUT2D eigenvalue weighted by Gasteiger charge is 2.38. The van der Waals surface area contributed by atoms with E-state index in [1.807, 2.05) is 0 Å². The molecule has 0 aromatic rings. The summed E-state index contributed by atoms with van der Waals surface area (Å²) < 4.78 is 0. The average Bonchev–Trinajstić information content (AvgIpc) is 3.08. The Morgan fingerprint density at radius 3 is 3.06 bits per heavy atom. The van der Waals surface area contributed by atoms with E-state index in [1.165, 1.54) is 19.4 Å². The molecular weight excluding hydrogens is 214 g/mol. The van der Waals surface area contributed by atoms with Crippen LogP contribution in [0.5, 0.6) is 0 Å². The smallest absolute Gasteiger partial charge is 0.220 e. The maximum Gasteiger partial charge on any atom is 0.220 e. The molecule has 4 heteroatoms. The first-order valence-corrected chi connectivity index (χ1v) is 7.00. The molecule has 0 radical (unpaired) electrons. The van der Waals surface area contributed by atoms with Crippen molar-refractivity contribution < 1.29 is 4.79 Å². The third-order valence-corrected chi connectivity index (χ3v) is 4.27. The van der Waals surface area contributed by atoms with Crippen LogP contribution < -0.4 is 10.6 Å². The van der Waals surface area contributed by atoms with Crippen LogP contribution in [0.4, 0.5) is 0 Å². The fraction of sp³-hybridized carbons (Fsp3) is 0.923. The number of nitrogens with one attached hydrogen (secondary N) is 2. The molecule has 3 rings (SSSR count). The van der Waals surface area contributed by atoms with E-state index in [4.69, 9.17) is 0 Å². The number of rotatable bonds is 2. The summed E-state index contributed by atoms with van der Waals surface area (Å²) in [4.78, 5) is 14.2. The Balaban J connectivity index is 1.66. The van der Waals surface area contributed by atoms with E-state index in [2.05, 4.69) is 15.5 Å². The van der Waals surface area contributed by atoms with Gasteiger partial charge >= 0.3 is 0 Å². The zero-order chi connectivity index (χ0) is 11.7. The number of piperidine rings is 1. The molecule has 0 aromatic carbocycles. The molecule has 2 saturated heterocycles. The van der Waals surface area contributed by atoms with Crippen molar-refractivity contribution in [3.05, 3.63) is 0 Å². The van der Waals surface area contributed by atoms with Gasteiger partial charge in [-0.1, -0.05) is 0 Å². The Morgan fingerprint density at radius 1 is 1.41 bits per heavy atom.